The van der Waals surface area contributed by atoms with E-state index in [4.69, 9.17) is 4.74 Å². The topological polar surface area (TPSA) is 53.0 Å². The molecule has 3 rings (SSSR count). The Balaban J connectivity index is 2.14. The highest BCUT2D eigenvalue weighted by Gasteiger charge is 2.53. The number of benzene rings is 1. The van der Waals surface area contributed by atoms with Gasteiger partial charge in [0.15, 0.2) is 0 Å². The molecule has 4 atom stereocenters. The van der Waals surface area contributed by atoms with Crippen molar-refractivity contribution in [2.75, 3.05) is 0 Å². The smallest absolute Gasteiger partial charge is 0.118 e. The Bertz CT molecular complexity index is 350. The standard InChI is InChI=1S/C10H10O3/c11-7-5-3-1-2-4-6(5)9-10(13-9)8(7)12/h1-4,7-12H/t7?,8-,9?,10?/m0/s1. The lowest BCUT2D eigenvalue weighted by Gasteiger charge is -2.22. The zero-order valence-electron chi connectivity index (χ0n) is 6.92. The van der Waals surface area contributed by atoms with E-state index in [0.29, 0.717) is 0 Å². The average Bonchev–Trinajstić information content (AvgIpc) is 2.94. The lowest BCUT2D eigenvalue weighted by atomic mass is 9.88. The van der Waals surface area contributed by atoms with Crippen LogP contribution in [0.3, 0.4) is 0 Å². The highest BCUT2D eigenvalue weighted by atomic mass is 16.6. The molecule has 1 aliphatic carbocycles. The number of rotatable bonds is 0. The third kappa shape index (κ3) is 0.892. The Morgan fingerprint density at radius 2 is 1.77 bits per heavy atom. The molecule has 3 heteroatoms. The predicted molar refractivity (Wildman–Crippen MR) is 45.0 cm³/mol. The molecule has 2 N–H and O–H groups in total. The fourth-order valence-corrected chi connectivity index (χ4v) is 2.04. The highest BCUT2D eigenvalue weighted by molar-refractivity contribution is 5.38. The van der Waals surface area contributed by atoms with Gasteiger partial charge in [0.05, 0.1) is 0 Å². The summed E-state index contributed by atoms with van der Waals surface area (Å²) < 4.78 is 5.28. The van der Waals surface area contributed by atoms with Crippen LogP contribution >= 0.6 is 0 Å². The Kier molecular flexibility index (Phi) is 1.34. The molecule has 0 radical (unpaired) electrons. The van der Waals surface area contributed by atoms with Gasteiger partial charge in [0.25, 0.3) is 0 Å². The maximum absolute atomic E-state index is 9.70. The van der Waals surface area contributed by atoms with E-state index < -0.39 is 12.2 Å². The fourth-order valence-electron chi connectivity index (χ4n) is 2.04. The Labute approximate surface area is 75.6 Å². The van der Waals surface area contributed by atoms with Crippen LogP contribution in [-0.2, 0) is 4.74 Å². The Morgan fingerprint density at radius 3 is 2.54 bits per heavy atom. The molecule has 3 nitrogen and oxygen atoms in total. The van der Waals surface area contributed by atoms with Crippen molar-refractivity contribution in [2.24, 2.45) is 0 Å². The molecule has 0 saturated carbocycles. The molecule has 1 aliphatic heterocycles. The molecular weight excluding hydrogens is 168 g/mol. The SMILES string of the molecule is OC1c2ccccc2C2OC2[C@H]1O. The van der Waals surface area contributed by atoms with Crippen molar-refractivity contribution in [1.82, 2.24) is 0 Å². The zero-order valence-corrected chi connectivity index (χ0v) is 6.92. The van der Waals surface area contributed by atoms with E-state index >= 15 is 0 Å². The van der Waals surface area contributed by atoms with Gasteiger partial charge in [-0.25, -0.2) is 0 Å². The maximum atomic E-state index is 9.70. The van der Waals surface area contributed by atoms with Crippen molar-refractivity contribution >= 4 is 0 Å². The number of fused-ring (bicyclic) bond motifs is 3. The number of aliphatic hydroxyl groups excluding tert-OH is 2. The number of hydrogen-bond donors (Lipinski definition) is 2. The summed E-state index contributed by atoms with van der Waals surface area (Å²) in [5, 5.41) is 19.3. The molecule has 3 unspecified atom stereocenters. The summed E-state index contributed by atoms with van der Waals surface area (Å²) in [4.78, 5) is 0. The van der Waals surface area contributed by atoms with Gasteiger partial charge in [-0.1, -0.05) is 24.3 Å². The van der Waals surface area contributed by atoms with Crippen LogP contribution < -0.4 is 0 Å². The van der Waals surface area contributed by atoms with E-state index in [1.807, 2.05) is 24.3 Å². The summed E-state index contributed by atoms with van der Waals surface area (Å²) in [5.41, 5.74) is 1.82. The molecule has 2 aliphatic rings. The van der Waals surface area contributed by atoms with Crippen LogP contribution in [0.4, 0.5) is 0 Å². The summed E-state index contributed by atoms with van der Waals surface area (Å²) in [6, 6.07) is 7.55. The minimum atomic E-state index is -0.792. The highest BCUT2D eigenvalue weighted by Crippen LogP contribution is 2.50. The molecule has 68 valence electrons. The average molecular weight is 178 g/mol. The second-order valence-electron chi connectivity index (χ2n) is 3.59. The summed E-state index contributed by atoms with van der Waals surface area (Å²) in [5.74, 6) is 0. The van der Waals surface area contributed by atoms with E-state index in [2.05, 4.69) is 0 Å². The first-order chi connectivity index (χ1) is 6.29. The largest absolute Gasteiger partial charge is 0.387 e. The van der Waals surface area contributed by atoms with Gasteiger partial charge in [-0.05, 0) is 11.1 Å². The third-order valence-corrected chi connectivity index (χ3v) is 2.81. The van der Waals surface area contributed by atoms with Gasteiger partial charge in [-0.3, -0.25) is 0 Å². The van der Waals surface area contributed by atoms with Crippen molar-refractivity contribution in [3.8, 4) is 0 Å². The first kappa shape index (κ1) is 7.50. The second-order valence-corrected chi connectivity index (χ2v) is 3.59. The van der Waals surface area contributed by atoms with Crippen LogP contribution in [0, 0.1) is 0 Å². The molecule has 0 spiro atoms. The maximum Gasteiger partial charge on any atom is 0.118 e. The molecule has 1 fully saturated rings. The summed E-state index contributed by atoms with van der Waals surface area (Å²) >= 11 is 0. The minimum absolute atomic E-state index is 0.00889. The summed E-state index contributed by atoms with van der Waals surface area (Å²) in [6.45, 7) is 0. The molecule has 0 bridgehead atoms. The van der Waals surface area contributed by atoms with Gasteiger partial charge < -0.3 is 14.9 Å². The number of hydrogen-bond acceptors (Lipinski definition) is 3. The third-order valence-electron chi connectivity index (χ3n) is 2.81. The van der Waals surface area contributed by atoms with Crippen molar-refractivity contribution < 1.29 is 14.9 Å². The van der Waals surface area contributed by atoms with Crippen molar-refractivity contribution in [1.29, 1.82) is 0 Å². The van der Waals surface area contributed by atoms with Crippen molar-refractivity contribution in [3.05, 3.63) is 35.4 Å². The van der Waals surface area contributed by atoms with E-state index in [1.54, 1.807) is 0 Å². The number of epoxide rings is 1. The van der Waals surface area contributed by atoms with Crippen molar-refractivity contribution in [3.63, 3.8) is 0 Å². The zero-order chi connectivity index (χ0) is 9.00. The lowest BCUT2D eigenvalue weighted by Crippen LogP contribution is -2.28. The van der Waals surface area contributed by atoms with E-state index in [0.717, 1.165) is 11.1 Å². The molecule has 0 aromatic heterocycles. The molecule has 1 saturated heterocycles. The second kappa shape index (κ2) is 2.32. The van der Waals surface area contributed by atoms with Crippen LogP contribution in [-0.4, -0.2) is 22.4 Å². The van der Waals surface area contributed by atoms with Gasteiger partial charge in [0.2, 0.25) is 0 Å². The molecule has 0 amide bonds. The number of aliphatic hydroxyl groups is 2. The molecule has 1 heterocycles. The quantitative estimate of drug-likeness (QED) is 0.570. The van der Waals surface area contributed by atoms with E-state index in [-0.39, 0.29) is 12.2 Å². The molecule has 1 aromatic carbocycles. The Hall–Kier alpha value is -0.900. The van der Waals surface area contributed by atoms with Gasteiger partial charge in [0.1, 0.15) is 24.4 Å². The number of ether oxygens (including phenoxy) is 1. The predicted octanol–water partition coefficient (Wildman–Crippen LogP) is 0.534. The summed E-state index contributed by atoms with van der Waals surface area (Å²) in [6.07, 6.45) is -1.74. The fraction of sp³-hybridized carbons (Fsp3) is 0.400. The molecule has 13 heavy (non-hydrogen) atoms. The normalized spacial score (nSPS) is 40.8. The van der Waals surface area contributed by atoms with Crippen LogP contribution in [0.2, 0.25) is 0 Å². The lowest BCUT2D eigenvalue weighted by molar-refractivity contribution is -0.00000488. The van der Waals surface area contributed by atoms with Crippen LogP contribution in [0.5, 0.6) is 0 Å². The van der Waals surface area contributed by atoms with Crippen LogP contribution in [0.25, 0.3) is 0 Å². The Morgan fingerprint density at radius 1 is 1.08 bits per heavy atom. The summed E-state index contributed by atoms with van der Waals surface area (Å²) in [7, 11) is 0. The first-order valence-corrected chi connectivity index (χ1v) is 4.39. The van der Waals surface area contributed by atoms with Crippen LogP contribution in [0.15, 0.2) is 24.3 Å². The van der Waals surface area contributed by atoms with Gasteiger partial charge in [-0.2, -0.15) is 0 Å². The van der Waals surface area contributed by atoms with Crippen LogP contribution in [0.1, 0.15) is 23.3 Å². The minimum Gasteiger partial charge on any atom is -0.387 e. The first-order valence-electron chi connectivity index (χ1n) is 4.39. The van der Waals surface area contributed by atoms with Gasteiger partial charge in [-0.15, -0.1) is 0 Å². The van der Waals surface area contributed by atoms with Crippen molar-refractivity contribution in [2.45, 2.75) is 24.4 Å². The molecular formula is C10H10O3. The monoisotopic (exact) mass is 178 g/mol. The molecule has 1 aromatic rings. The van der Waals surface area contributed by atoms with E-state index in [9.17, 15) is 10.2 Å². The van der Waals surface area contributed by atoms with E-state index in [1.165, 1.54) is 0 Å². The van der Waals surface area contributed by atoms with Gasteiger partial charge >= 0.3 is 0 Å². The van der Waals surface area contributed by atoms with Gasteiger partial charge in [0, 0.05) is 0 Å².